The minimum atomic E-state index is -0.643. The van der Waals surface area contributed by atoms with Crippen molar-refractivity contribution in [2.75, 3.05) is 6.54 Å². The number of benzene rings is 1. The van der Waals surface area contributed by atoms with Crippen LogP contribution >= 0.6 is 0 Å². The molecule has 7 heteroatoms. The lowest BCUT2D eigenvalue weighted by molar-refractivity contribution is -0.121. The number of furan rings is 1. The summed E-state index contributed by atoms with van der Waals surface area (Å²) in [5.74, 6) is -0.706. The lowest BCUT2D eigenvalue weighted by atomic mass is 10.1. The van der Waals surface area contributed by atoms with Crippen molar-refractivity contribution in [1.82, 2.24) is 10.6 Å². The Bertz CT molecular complexity index is 785. The minimum absolute atomic E-state index is 0.0710. The highest BCUT2D eigenvalue weighted by atomic mass is 16.3. The predicted molar refractivity (Wildman–Crippen MR) is 92.9 cm³/mol. The van der Waals surface area contributed by atoms with Crippen LogP contribution in [0.2, 0.25) is 0 Å². The van der Waals surface area contributed by atoms with Crippen LogP contribution in [0, 0.1) is 0 Å². The summed E-state index contributed by atoms with van der Waals surface area (Å²) in [4.78, 5) is 34.8. The molecule has 0 atom stereocenters. The number of amides is 3. The largest absolute Gasteiger partial charge is 0.451 e. The Hall–Kier alpha value is -3.09. The van der Waals surface area contributed by atoms with Gasteiger partial charge >= 0.3 is 0 Å². The summed E-state index contributed by atoms with van der Waals surface area (Å²) < 4.78 is 5.33. The average molecular weight is 343 g/mol. The molecule has 7 nitrogen and oxygen atoms in total. The summed E-state index contributed by atoms with van der Waals surface area (Å²) in [6.07, 6.45) is 0. The second-order valence-corrected chi connectivity index (χ2v) is 6.59. The number of hydrogen-bond acceptors (Lipinski definition) is 4. The van der Waals surface area contributed by atoms with Gasteiger partial charge in [-0.25, -0.2) is 0 Å². The fourth-order valence-corrected chi connectivity index (χ4v) is 2.14. The van der Waals surface area contributed by atoms with E-state index in [0.29, 0.717) is 16.9 Å². The standard InChI is InChI=1S/C18H21N3O4/c1-18(2,3)21-15(22)10-20-17(24)12-6-4-11(5-7-12)13-8-9-14(25-13)16(19)23/h4-9H,10H2,1-3H3,(H2,19,23)(H,20,24)(H,21,22). The second-order valence-electron chi connectivity index (χ2n) is 6.59. The zero-order valence-corrected chi connectivity index (χ0v) is 14.4. The van der Waals surface area contributed by atoms with Gasteiger partial charge in [-0.3, -0.25) is 14.4 Å². The maximum absolute atomic E-state index is 12.1. The summed E-state index contributed by atoms with van der Waals surface area (Å²) in [6.45, 7) is 5.50. The van der Waals surface area contributed by atoms with Crippen molar-refractivity contribution in [2.45, 2.75) is 26.3 Å². The van der Waals surface area contributed by atoms with E-state index in [1.54, 1.807) is 30.3 Å². The number of primary amides is 1. The number of carbonyl (C=O) groups excluding carboxylic acids is 3. The lowest BCUT2D eigenvalue weighted by Gasteiger charge is -2.20. The summed E-state index contributed by atoms with van der Waals surface area (Å²) in [7, 11) is 0. The van der Waals surface area contributed by atoms with Crippen LogP contribution in [0.5, 0.6) is 0 Å². The van der Waals surface area contributed by atoms with Gasteiger partial charge in [0.25, 0.3) is 11.8 Å². The number of carbonyl (C=O) groups is 3. The third-order valence-electron chi connectivity index (χ3n) is 3.20. The molecule has 0 bridgehead atoms. The van der Waals surface area contributed by atoms with Crippen molar-refractivity contribution in [3.8, 4) is 11.3 Å². The molecule has 0 aliphatic rings. The first-order valence-corrected chi connectivity index (χ1v) is 7.75. The Balaban J connectivity index is 1.98. The molecule has 0 fully saturated rings. The molecule has 2 aromatic rings. The molecule has 0 spiro atoms. The lowest BCUT2D eigenvalue weighted by Crippen LogP contribution is -2.45. The van der Waals surface area contributed by atoms with Crippen LogP contribution in [0.4, 0.5) is 0 Å². The summed E-state index contributed by atoms with van der Waals surface area (Å²) >= 11 is 0. The molecular weight excluding hydrogens is 322 g/mol. The number of nitrogens with two attached hydrogens (primary N) is 1. The van der Waals surface area contributed by atoms with Gasteiger partial charge in [0.1, 0.15) is 5.76 Å². The normalized spacial score (nSPS) is 11.0. The highest BCUT2D eigenvalue weighted by molar-refractivity contribution is 5.97. The van der Waals surface area contributed by atoms with E-state index in [-0.39, 0.29) is 29.7 Å². The SMILES string of the molecule is CC(C)(C)NC(=O)CNC(=O)c1ccc(-c2ccc(C(N)=O)o2)cc1. The maximum atomic E-state index is 12.1. The third kappa shape index (κ3) is 5.20. The van der Waals surface area contributed by atoms with Crippen molar-refractivity contribution < 1.29 is 18.8 Å². The first-order chi connectivity index (χ1) is 11.7. The fourth-order valence-electron chi connectivity index (χ4n) is 2.14. The third-order valence-corrected chi connectivity index (χ3v) is 3.20. The van der Waals surface area contributed by atoms with E-state index >= 15 is 0 Å². The van der Waals surface area contributed by atoms with E-state index in [9.17, 15) is 14.4 Å². The minimum Gasteiger partial charge on any atom is -0.451 e. The molecule has 0 unspecified atom stereocenters. The van der Waals surface area contributed by atoms with Crippen molar-refractivity contribution in [3.63, 3.8) is 0 Å². The van der Waals surface area contributed by atoms with Crippen LogP contribution in [0.15, 0.2) is 40.8 Å². The summed E-state index contributed by atoms with van der Waals surface area (Å²) in [5, 5.41) is 5.33. The fraction of sp³-hybridized carbons (Fsp3) is 0.278. The molecule has 0 saturated carbocycles. The van der Waals surface area contributed by atoms with Gasteiger partial charge in [-0.1, -0.05) is 12.1 Å². The van der Waals surface area contributed by atoms with Gasteiger partial charge in [-0.05, 0) is 45.0 Å². The Kier molecular flexibility index (Phi) is 5.26. The topological polar surface area (TPSA) is 114 Å². The molecule has 3 amide bonds. The zero-order valence-electron chi connectivity index (χ0n) is 14.4. The van der Waals surface area contributed by atoms with Gasteiger partial charge in [0.15, 0.2) is 5.76 Å². The van der Waals surface area contributed by atoms with Crippen molar-refractivity contribution in [1.29, 1.82) is 0 Å². The first-order valence-electron chi connectivity index (χ1n) is 7.75. The molecule has 2 rings (SSSR count). The number of rotatable bonds is 5. The van der Waals surface area contributed by atoms with E-state index in [0.717, 1.165) is 0 Å². The van der Waals surface area contributed by atoms with E-state index in [2.05, 4.69) is 10.6 Å². The maximum Gasteiger partial charge on any atom is 0.284 e. The van der Waals surface area contributed by atoms with E-state index < -0.39 is 5.91 Å². The van der Waals surface area contributed by atoms with Gasteiger partial charge in [0, 0.05) is 16.7 Å². The quantitative estimate of drug-likeness (QED) is 0.766. The molecule has 0 saturated heterocycles. The first kappa shape index (κ1) is 18.3. The van der Waals surface area contributed by atoms with E-state index in [4.69, 9.17) is 10.2 Å². The highest BCUT2D eigenvalue weighted by Gasteiger charge is 2.15. The van der Waals surface area contributed by atoms with Gasteiger partial charge in [0.05, 0.1) is 6.54 Å². The van der Waals surface area contributed by atoms with Crippen LogP contribution < -0.4 is 16.4 Å². The van der Waals surface area contributed by atoms with Crippen LogP contribution in [0.25, 0.3) is 11.3 Å². The predicted octanol–water partition coefficient (Wildman–Crippen LogP) is 1.69. The zero-order chi connectivity index (χ0) is 18.6. The Morgan fingerprint density at radius 3 is 2.20 bits per heavy atom. The van der Waals surface area contributed by atoms with Gasteiger partial charge in [-0.2, -0.15) is 0 Å². The molecule has 0 aliphatic heterocycles. The molecule has 132 valence electrons. The van der Waals surface area contributed by atoms with Crippen molar-refractivity contribution >= 4 is 17.7 Å². The van der Waals surface area contributed by atoms with Crippen LogP contribution in [0.3, 0.4) is 0 Å². The van der Waals surface area contributed by atoms with Crippen molar-refractivity contribution in [3.05, 3.63) is 47.7 Å². The van der Waals surface area contributed by atoms with Gasteiger partial charge < -0.3 is 20.8 Å². The molecule has 0 aliphatic carbocycles. The van der Waals surface area contributed by atoms with Crippen LogP contribution in [-0.4, -0.2) is 29.8 Å². The molecule has 1 aromatic heterocycles. The highest BCUT2D eigenvalue weighted by Crippen LogP contribution is 2.22. The van der Waals surface area contributed by atoms with E-state index in [1.165, 1.54) is 6.07 Å². The Morgan fingerprint density at radius 1 is 1.04 bits per heavy atom. The van der Waals surface area contributed by atoms with Gasteiger partial charge in [0.2, 0.25) is 5.91 Å². The van der Waals surface area contributed by atoms with Gasteiger partial charge in [-0.15, -0.1) is 0 Å². The summed E-state index contributed by atoms with van der Waals surface area (Å²) in [5.41, 5.74) is 5.91. The Labute approximate surface area is 145 Å². The van der Waals surface area contributed by atoms with Crippen molar-refractivity contribution in [2.24, 2.45) is 5.73 Å². The van der Waals surface area contributed by atoms with Crippen LogP contribution in [-0.2, 0) is 4.79 Å². The molecule has 4 N–H and O–H groups in total. The second kappa shape index (κ2) is 7.21. The molecule has 0 radical (unpaired) electrons. The summed E-state index contributed by atoms with van der Waals surface area (Å²) in [6, 6.07) is 9.72. The van der Waals surface area contributed by atoms with E-state index in [1.807, 2.05) is 20.8 Å². The smallest absolute Gasteiger partial charge is 0.284 e. The number of nitrogens with one attached hydrogen (secondary N) is 2. The Morgan fingerprint density at radius 2 is 1.68 bits per heavy atom. The van der Waals surface area contributed by atoms with Crippen LogP contribution in [0.1, 0.15) is 41.7 Å². The number of hydrogen-bond donors (Lipinski definition) is 3. The molecule has 1 heterocycles. The molecule has 25 heavy (non-hydrogen) atoms. The monoisotopic (exact) mass is 343 g/mol. The molecule has 1 aromatic carbocycles. The average Bonchev–Trinajstić information content (AvgIpc) is 3.01. The molecular formula is C18H21N3O4.